The van der Waals surface area contributed by atoms with E-state index in [1.165, 1.54) is 45.0 Å². The summed E-state index contributed by atoms with van der Waals surface area (Å²) < 4.78 is 5.76. The van der Waals surface area contributed by atoms with Crippen molar-refractivity contribution in [3.05, 3.63) is 29.8 Å². The highest BCUT2D eigenvalue weighted by molar-refractivity contribution is 5.79. The Morgan fingerprint density at radius 2 is 1.88 bits per heavy atom. The van der Waals surface area contributed by atoms with Crippen LogP contribution in [0.25, 0.3) is 0 Å². The van der Waals surface area contributed by atoms with Crippen LogP contribution in [0.1, 0.15) is 31.2 Å². The number of likely N-dealkylation sites (tertiary alicyclic amines) is 1. The van der Waals surface area contributed by atoms with Crippen LogP contribution in [0.15, 0.2) is 24.3 Å². The number of hydrazine groups is 1. The van der Waals surface area contributed by atoms with Gasteiger partial charge in [-0.3, -0.25) is 4.90 Å². The number of carbonyl (C=O) groups excluding carboxylic acids is 2. The van der Waals surface area contributed by atoms with Crippen LogP contribution in [-0.4, -0.2) is 50.3 Å². The summed E-state index contributed by atoms with van der Waals surface area (Å²) in [5.74, 6) is 0.852. The molecular formula is C18H29N5O3. The van der Waals surface area contributed by atoms with Crippen molar-refractivity contribution < 1.29 is 14.3 Å². The molecule has 8 heteroatoms. The number of ether oxygens (including phenoxy) is 1. The lowest BCUT2D eigenvalue weighted by atomic mass is 10.1. The molecular weight excluding hydrogens is 334 g/mol. The van der Waals surface area contributed by atoms with Crippen LogP contribution in [-0.2, 0) is 6.54 Å². The zero-order valence-corrected chi connectivity index (χ0v) is 15.3. The Morgan fingerprint density at radius 1 is 1.12 bits per heavy atom. The molecule has 4 N–H and O–H groups in total. The predicted molar refractivity (Wildman–Crippen MR) is 99.8 cm³/mol. The zero-order chi connectivity index (χ0) is 18.6. The Labute approximate surface area is 154 Å². The van der Waals surface area contributed by atoms with Gasteiger partial charge in [0.2, 0.25) is 0 Å². The molecule has 0 aliphatic carbocycles. The minimum Gasteiger partial charge on any atom is -0.494 e. The Bertz CT molecular complexity index is 576. The molecule has 4 amide bonds. The van der Waals surface area contributed by atoms with Gasteiger partial charge >= 0.3 is 12.1 Å². The van der Waals surface area contributed by atoms with Crippen molar-refractivity contribution in [2.75, 3.05) is 33.3 Å². The van der Waals surface area contributed by atoms with Crippen molar-refractivity contribution in [2.45, 2.75) is 32.2 Å². The van der Waals surface area contributed by atoms with Crippen molar-refractivity contribution >= 4 is 12.1 Å². The standard InChI is InChI=1S/C18H29N5O3/c1-19-17(24)21-22-18(25)20-9-6-12-26-16-8-5-7-15(13-16)14-23-10-3-2-4-11-23/h5,7-8,13H,2-4,6,9-12,14H2,1H3,(H2,19,21,24)(H2,20,22,25). The van der Waals surface area contributed by atoms with E-state index in [4.69, 9.17) is 4.74 Å². The molecule has 0 saturated carbocycles. The first-order valence-electron chi connectivity index (χ1n) is 9.13. The highest BCUT2D eigenvalue weighted by Crippen LogP contribution is 2.17. The average molecular weight is 363 g/mol. The second kappa shape index (κ2) is 11.2. The topological polar surface area (TPSA) is 94.7 Å². The molecule has 1 aromatic carbocycles. The molecule has 0 unspecified atom stereocenters. The summed E-state index contributed by atoms with van der Waals surface area (Å²) in [7, 11) is 1.47. The molecule has 1 aliphatic heterocycles. The molecule has 8 nitrogen and oxygen atoms in total. The first-order chi connectivity index (χ1) is 12.7. The number of piperidine rings is 1. The molecule has 0 radical (unpaired) electrons. The van der Waals surface area contributed by atoms with E-state index in [-0.39, 0.29) is 0 Å². The summed E-state index contributed by atoms with van der Waals surface area (Å²) in [5, 5.41) is 4.96. The third-order valence-corrected chi connectivity index (χ3v) is 4.15. The predicted octanol–water partition coefficient (Wildman–Crippen LogP) is 1.58. The molecule has 0 bridgehead atoms. The van der Waals surface area contributed by atoms with Gasteiger partial charge < -0.3 is 15.4 Å². The van der Waals surface area contributed by atoms with Crippen molar-refractivity contribution in [2.24, 2.45) is 0 Å². The third kappa shape index (κ3) is 7.60. The molecule has 0 spiro atoms. The van der Waals surface area contributed by atoms with Crippen LogP contribution in [0, 0.1) is 0 Å². The van der Waals surface area contributed by atoms with E-state index in [2.05, 4.69) is 38.5 Å². The molecule has 0 aromatic heterocycles. The largest absolute Gasteiger partial charge is 0.494 e. The van der Waals surface area contributed by atoms with E-state index in [9.17, 15) is 9.59 Å². The molecule has 1 aliphatic rings. The van der Waals surface area contributed by atoms with E-state index in [0.29, 0.717) is 19.6 Å². The van der Waals surface area contributed by atoms with Gasteiger partial charge in [-0.05, 0) is 50.0 Å². The maximum Gasteiger partial charge on any atom is 0.333 e. The van der Waals surface area contributed by atoms with Crippen LogP contribution in [0.2, 0.25) is 0 Å². The molecule has 0 atom stereocenters. The van der Waals surface area contributed by atoms with E-state index in [0.717, 1.165) is 12.3 Å². The van der Waals surface area contributed by atoms with Gasteiger partial charge in [0.1, 0.15) is 5.75 Å². The highest BCUT2D eigenvalue weighted by atomic mass is 16.5. The number of urea groups is 2. The summed E-state index contributed by atoms with van der Waals surface area (Å²) in [6.45, 7) is 4.28. The van der Waals surface area contributed by atoms with Crippen molar-refractivity contribution in [1.82, 2.24) is 26.4 Å². The second-order valence-electron chi connectivity index (χ2n) is 6.27. The lowest BCUT2D eigenvalue weighted by Crippen LogP contribution is -2.49. The Hall–Kier alpha value is -2.48. The molecule has 26 heavy (non-hydrogen) atoms. The lowest BCUT2D eigenvalue weighted by Gasteiger charge is -2.26. The van der Waals surface area contributed by atoms with Crippen LogP contribution in [0.5, 0.6) is 5.75 Å². The van der Waals surface area contributed by atoms with Gasteiger partial charge in [-0.2, -0.15) is 0 Å². The quantitative estimate of drug-likeness (QED) is 0.437. The number of amides is 4. The number of nitrogens with zero attached hydrogens (tertiary/aromatic N) is 1. The van der Waals surface area contributed by atoms with E-state index < -0.39 is 12.1 Å². The Morgan fingerprint density at radius 3 is 2.65 bits per heavy atom. The number of nitrogens with one attached hydrogen (secondary N) is 4. The van der Waals surface area contributed by atoms with Gasteiger partial charge in [-0.1, -0.05) is 18.6 Å². The van der Waals surface area contributed by atoms with E-state index >= 15 is 0 Å². The van der Waals surface area contributed by atoms with Crippen molar-refractivity contribution in [3.63, 3.8) is 0 Å². The normalized spacial score (nSPS) is 14.3. The smallest absolute Gasteiger partial charge is 0.333 e. The fourth-order valence-electron chi connectivity index (χ4n) is 2.79. The summed E-state index contributed by atoms with van der Waals surface area (Å²) in [4.78, 5) is 24.8. The first-order valence-corrected chi connectivity index (χ1v) is 9.13. The SMILES string of the molecule is CNC(=O)NNC(=O)NCCCOc1cccc(CN2CCCCC2)c1. The van der Waals surface area contributed by atoms with Gasteiger partial charge in [0.05, 0.1) is 6.61 Å². The van der Waals surface area contributed by atoms with Gasteiger partial charge in [0.15, 0.2) is 0 Å². The van der Waals surface area contributed by atoms with Crippen molar-refractivity contribution in [1.29, 1.82) is 0 Å². The maximum absolute atomic E-state index is 11.4. The van der Waals surface area contributed by atoms with Gasteiger partial charge in [-0.25, -0.2) is 20.4 Å². The van der Waals surface area contributed by atoms with Gasteiger partial charge in [0.25, 0.3) is 0 Å². The number of carbonyl (C=O) groups is 2. The molecule has 1 fully saturated rings. The van der Waals surface area contributed by atoms with Crippen LogP contribution >= 0.6 is 0 Å². The monoisotopic (exact) mass is 363 g/mol. The molecule has 1 heterocycles. The molecule has 144 valence electrons. The van der Waals surface area contributed by atoms with Crippen LogP contribution in [0.4, 0.5) is 9.59 Å². The number of hydrogen-bond acceptors (Lipinski definition) is 4. The zero-order valence-electron chi connectivity index (χ0n) is 15.3. The highest BCUT2D eigenvalue weighted by Gasteiger charge is 2.10. The summed E-state index contributed by atoms with van der Waals surface area (Å²) in [6.07, 6.45) is 4.59. The summed E-state index contributed by atoms with van der Waals surface area (Å²) in [6, 6.07) is 7.25. The Kier molecular flexibility index (Phi) is 8.54. The van der Waals surface area contributed by atoms with E-state index in [1.807, 2.05) is 12.1 Å². The maximum atomic E-state index is 11.4. The molecule has 1 aromatic rings. The summed E-state index contributed by atoms with van der Waals surface area (Å²) >= 11 is 0. The second-order valence-corrected chi connectivity index (χ2v) is 6.27. The fourth-order valence-corrected chi connectivity index (χ4v) is 2.79. The average Bonchev–Trinajstić information content (AvgIpc) is 2.67. The fraction of sp³-hybridized carbons (Fsp3) is 0.556. The minimum absolute atomic E-state index is 0.453. The van der Waals surface area contributed by atoms with E-state index in [1.54, 1.807) is 0 Å². The van der Waals surface area contributed by atoms with Crippen LogP contribution in [0.3, 0.4) is 0 Å². The first kappa shape index (κ1) is 19.8. The van der Waals surface area contributed by atoms with Gasteiger partial charge in [0, 0.05) is 20.1 Å². The third-order valence-electron chi connectivity index (χ3n) is 4.15. The minimum atomic E-state index is -0.479. The van der Waals surface area contributed by atoms with Crippen LogP contribution < -0.4 is 26.2 Å². The summed E-state index contributed by atoms with van der Waals surface area (Å²) in [5.41, 5.74) is 5.69. The number of benzene rings is 1. The molecule has 2 rings (SSSR count). The number of rotatable bonds is 7. The lowest BCUT2D eigenvalue weighted by molar-refractivity contribution is 0.220. The Balaban J connectivity index is 1.61. The van der Waals surface area contributed by atoms with Crippen molar-refractivity contribution in [3.8, 4) is 5.75 Å². The molecule has 1 saturated heterocycles. The van der Waals surface area contributed by atoms with Gasteiger partial charge in [-0.15, -0.1) is 0 Å². The number of hydrogen-bond donors (Lipinski definition) is 4.